The highest BCUT2D eigenvalue weighted by Crippen LogP contribution is 2.15. The molecule has 0 fully saturated rings. The summed E-state index contributed by atoms with van der Waals surface area (Å²) in [5, 5.41) is 0. The molecule has 26 heavy (non-hydrogen) atoms. The zero-order chi connectivity index (χ0) is 19.1. The lowest BCUT2D eigenvalue weighted by atomic mass is 10.0. The molecule has 0 heterocycles. The van der Waals surface area contributed by atoms with Gasteiger partial charge in [0.1, 0.15) is 5.75 Å². The first-order valence-corrected chi connectivity index (χ1v) is 8.26. The van der Waals surface area contributed by atoms with Gasteiger partial charge in [0.05, 0.1) is 5.56 Å². The van der Waals surface area contributed by atoms with Gasteiger partial charge in [0, 0.05) is 5.56 Å². The van der Waals surface area contributed by atoms with Crippen LogP contribution in [0.2, 0.25) is 0 Å². The van der Waals surface area contributed by atoms with Gasteiger partial charge in [0.25, 0.3) is 5.91 Å². The molecule has 1 atom stereocenters. The van der Waals surface area contributed by atoms with E-state index < -0.39 is 18.0 Å². The van der Waals surface area contributed by atoms with Crippen LogP contribution in [0.15, 0.2) is 48.5 Å². The lowest BCUT2D eigenvalue weighted by Crippen LogP contribution is -2.24. The van der Waals surface area contributed by atoms with Crippen LogP contribution in [0.3, 0.4) is 0 Å². The van der Waals surface area contributed by atoms with Crippen LogP contribution < -0.4 is 10.5 Å². The van der Waals surface area contributed by atoms with Gasteiger partial charge in [0.15, 0.2) is 12.7 Å². The van der Waals surface area contributed by atoms with Crippen LogP contribution in [0.5, 0.6) is 5.75 Å². The maximum atomic E-state index is 12.4. The van der Waals surface area contributed by atoms with Crippen LogP contribution >= 0.6 is 0 Å². The number of carbonyl (C=O) groups excluding carboxylic acids is 3. The number of benzene rings is 2. The number of primary amides is 1. The fourth-order valence-corrected chi connectivity index (χ4v) is 2.26. The number of rotatable bonds is 8. The maximum absolute atomic E-state index is 12.4. The molecular formula is C20H21NO5. The molecule has 1 amide bonds. The minimum atomic E-state index is -0.902. The lowest BCUT2D eigenvalue weighted by molar-refractivity contribution is -0.119. The summed E-state index contributed by atoms with van der Waals surface area (Å²) in [6.45, 7) is 3.33. The maximum Gasteiger partial charge on any atom is 0.338 e. The van der Waals surface area contributed by atoms with Crippen molar-refractivity contribution in [3.05, 3.63) is 65.2 Å². The molecule has 0 spiro atoms. The van der Waals surface area contributed by atoms with Crippen molar-refractivity contribution in [3.8, 4) is 5.75 Å². The summed E-state index contributed by atoms with van der Waals surface area (Å²) in [5.74, 6) is -1.06. The van der Waals surface area contributed by atoms with Crippen LogP contribution in [0.25, 0.3) is 0 Å². The topological polar surface area (TPSA) is 95.7 Å². The summed E-state index contributed by atoms with van der Waals surface area (Å²) in [7, 11) is 0. The molecule has 0 saturated carbocycles. The van der Waals surface area contributed by atoms with Crippen molar-refractivity contribution < 1.29 is 23.9 Å². The van der Waals surface area contributed by atoms with Gasteiger partial charge in [-0.15, -0.1) is 0 Å². The highest BCUT2D eigenvalue weighted by Gasteiger charge is 2.20. The molecule has 0 saturated heterocycles. The summed E-state index contributed by atoms with van der Waals surface area (Å²) in [6, 6.07) is 13.3. The average molecular weight is 355 g/mol. The van der Waals surface area contributed by atoms with Gasteiger partial charge in [-0.3, -0.25) is 9.59 Å². The van der Waals surface area contributed by atoms with E-state index in [9.17, 15) is 14.4 Å². The van der Waals surface area contributed by atoms with E-state index in [4.69, 9.17) is 15.2 Å². The van der Waals surface area contributed by atoms with E-state index in [1.165, 1.54) is 31.2 Å². The molecule has 136 valence electrons. The van der Waals surface area contributed by atoms with Crippen LogP contribution in [0.4, 0.5) is 0 Å². The monoisotopic (exact) mass is 355 g/mol. The molecule has 0 bridgehead atoms. The summed E-state index contributed by atoms with van der Waals surface area (Å²) in [4.78, 5) is 35.2. The molecular weight excluding hydrogens is 334 g/mol. The minimum absolute atomic E-state index is 0.244. The van der Waals surface area contributed by atoms with Crippen LogP contribution in [-0.2, 0) is 16.0 Å². The van der Waals surface area contributed by atoms with Crippen molar-refractivity contribution in [1.29, 1.82) is 0 Å². The fraction of sp³-hybridized carbons (Fsp3) is 0.250. The highest BCUT2D eigenvalue weighted by atomic mass is 16.5. The predicted octanol–water partition coefficient (Wildman–Crippen LogP) is 2.54. The number of carbonyl (C=O) groups is 3. The summed E-state index contributed by atoms with van der Waals surface area (Å²) < 4.78 is 10.4. The van der Waals surface area contributed by atoms with Crippen molar-refractivity contribution in [2.45, 2.75) is 26.4 Å². The number of aryl methyl sites for hydroxylation is 1. The van der Waals surface area contributed by atoms with Gasteiger partial charge < -0.3 is 15.2 Å². The summed E-state index contributed by atoms with van der Waals surface area (Å²) >= 11 is 0. The van der Waals surface area contributed by atoms with Crippen molar-refractivity contribution >= 4 is 17.7 Å². The van der Waals surface area contributed by atoms with Gasteiger partial charge in [0.2, 0.25) is 5.78 Å². The molecule has 2 aromatic rings. The number of amides is 1. The Kier molecular flexibility index (Phi) is 6.49. The second kappa shape index (κ2) is 8.80. The zero-order valence-electron chi connectivity index (χ0n) is 14.7. The number of ether oxygens (including phenoxy) is 2. The normalized spacial score (nSPS) is 11.5. The Labute approximate surface area is 151 Å². The molecule has 2 N–H and O–H groups in total. The van der Waals surface area contributed by atoms with Crippen LogP contribution in [0.1, 0.15) is 40.1 Å². The molecule has 0 aromatic heterocycles. The lowest BCUT2D eigenvalue weighted by Gasteiger charge is -2.13. The van der Waals surface area contributed by atoms with Crippen LogP contribution in [0, 0.1) is 0 Å². The number of hydrogen-bond donors (Lipinski definition) is 1. The van der Waals surface area contributed by atoms with E-state index in [-0.39, 0.29) is 18.0 Å². The summed E-state index contributed by atoms with van der Waals surface area (Å²) in [6.07, 6.45) is -0.0150. The van der Waals surface area contributed by atoms with E-state index in [0.29, 0.717) is 11.3 Å². The number of Topliss-reactive ketones (excluding diaryl/α,β-unsaturated/α-hetero) is 1. The molecule has 1 unspecified atom stereocenters. The zero-order valence-corrected chi connectivity index (χ0v) is 14.7. The predicted molar refractivity (Wildman–Crippen MR) is 96.2 cm³/mol. The molecule has 6 heteroatoms. The Morgan fingerprint density at radius 3 is 2.08 bits per heavy atom. The second-order valence-corrected chi connectivity index (χ2v) is 5.74. The molecule has 0 aliphatic heterocycles. The average Bonchev–Trinajstić information content (AvgIpc) is 2.66. The van der Waals surface area contributed by atoms with Crippen molar-refractivity contribution in [2.75, 3.05) is 6.61 Å². The van der Waals surface area contributed by atoms with E-state index in [1.807, 2.05) is 19.1 Å². The third-order valence-electron chi connectivity index (χ3n) is 3.77. The van der Waals surface area contributed by atoms with E-state index in [2.05, 4.69) is 0 Å². The summed E-state index contributed by atoms with van der Waals surface area (Å²) in [5.41, 5.74) is 6.90. The van der Waals surface area contributed by atoms with Gasteiger partial charge in [-0.2, -0.15) is 0 Å². The Hall–Kier alpha value is -3.15. The van der Waals surface area contributed by atoms with E-state index in [0.717, 1.165) is 12.0 Å². The molecule has 0 radical (unpaired) electrons. The Morgan fingerprint density at radius 1 is 0.962 bits per heavy atom. The van der Waals surface area contributed by atoms with Gasteiger partial charge in [-0.1, -0.05) is 31.2 Å². The number of ketones is 1. The fourth-order valence-electron chi connectivity index (χ4n) is 2.26. The molecule has 6 nitrogen and oxygen atoms in total. The third kappa shape index (κ3) is 5.17. The van der Waals surface area contributed by atoms with Crippen LogP contribution in [-0.4, -0.2) is 30.4 Å². The number of nitrogens with two attached hydrogens (primary N) is 1. The first-order chi connectivity index (χ1) is 12.4. The highest BCUT2D eigenvalue weighted by molar-refractivity contribution is 6.01. The first kappa shape index (κ1) is 19.2. The Balaban J connectivity index is 1.96. The number of hydrogen-bond acceptors (Lipinski definition) is 5. The van der Waals surface area contributed by atoms with Gasteiger partial charge in [-0.25, -0.2) is 4.79 Å². The standard InChI is InChI=1S/C20H21NO5/c1-3-14-4-6-15(7-5-14)19(23)13(2)26-20(24)16-8-10-17(11-9-16)25-12-18(21)22/h4-11,13H,3,12H2,1-2H3,(H2,21,22). The first-order valence-electron chi connectivity index (χ1n) is 8.26. The number of esters is 1. The van der Waals surface area contributed by atoms with E-state index in [1.54, 1.807) is 12.1 Å². The third-order valence-corrected chi connectivity index (χ3v) is 3.77. The van der Waals surface area contributed by atoms with Crippen molar-refractivity contribution in [1.82, 2.24) is 0 Å². The van der Waals surface area contributed by atoms with E-state index >= 15 is 0 Å². The molecule has 2 rings (SSSR count). The van der Waals surface area contributed by atoms with Gasteiger partial charge in [-0.05, 0) is 43.2 Å². The Bertz CT molecular complexity index is 781. The van der Waals surface area contributed by atoms with Gasteiger partial charge >= 0.3 is 5.97 Å². The largest absolute Gasteiger partial charge is 0.484 e. The quantitative estimate of drug-likeness (QED) is 0.580. The van der Waals surface area contributed by atoms with Crippen molar-refractivity contribution in [3.63, 3.8) is 0 Å². The smallest absolute Gasteiger partial charge is 0.338 e. The second-order valence-electron chi connectivity index (χ2n) is 5.74. The molecule has 2 aromatic carbocycles. The van der Waals surface area contributed by atoms with Crippen molar-refractivity contribution in [2.24, 2.45) is 5.73 Å². The Morgan fingerprint density at radius 2 is 1.54 bits per heavy atom. The molecule has 0 aliphatic rings. The SMILES string of the molecule is CCc1ccc(C(=O)C(C)OC(=O)c2ccc(OCC(N)=O)cc2)cc1. The minimum Gasteiger partial charge on any atom is -0.484 e. The molecule has 0 aliphatic carbocycles.